The van der Waals surface area contributed by atoms with Gasteiger partial charge in [0.25, 0.3) is 0 Å². The lowest BCUT2D eigenvalue weighted by molar-refractivity contribution is 0.538. The third-order valence-electron chi connectivity index (χ3n) is 1.90. The van der Waals surface area contributed by atoms with Crippen LogP contribution < -0.4 is 5.73 Å². The summed E-state index contributed by atoms with van der Waals surface area (Å²) in [6.07, 6.45) is 3.20. The molecule has 0 aliphatic carbocycles. The van der Waals surface area contributed by atoms with Crippen LogP contribution in [0.2, 0.25) is 0 Å². The molecule has 2 aromatic rings. The van der Waals surface area contributed by atoms with Gasteiger partial charge in [-0.05, 0) is 22.0 Å². The van der Waals surface area contributed by atoms with E-state index in [1.807, 2.05) is 5.38 Å². The van der Waals surface area contributed by atoms with Gasteiger partial charge in [0, 0.05) is 21.3 Å². The summed E-state index contributed by atoms with van der Waals surface area (Å²) in [6, 6.07) is 2.15. The third kappa shape index (κ3) is 1.87. The summed E-state index contributed by atoms with van der Waals surface area (Å²) in [7, 11) is 0. The summed E-state index contributed by atoms with van der Waals surface area (Å²) < 4.78 is 2.86. The molecule has 2 aromatic heterocycles. The van der Waals surface area contributed by atoms with Crippen LogP contribution in [-0.4, -0.2) is 21.3 Å². The maximum atomic E-state index is 5.71. The normalized spacial score (nSPS) is 13.0. The molecular formula is C8H9BrN4S. The van der Waals surface area contributed by atoms with E-state index in [0.717, 1.165) is 4.47 Å². The minimum absolute atomic E-state index is 0.0915. The van der Waals surface area contributed by atoms with Gasteiger partial charge in [0.05, 0.1) is 0 Å². The van der Waals surface area contributed by atoms with Crippen molar-refractivity contribution in [3.05, 3.63) is 33.5 Å². The average molecular weight is 273 g/mol. The second kappa shape index (κ2) is 4.20. The van der Waals surface area contributed by atoms with Crippen LogP contribution in [0, 0.1) is 0 Å². The molecule has 0 spiro atoms. The molecular weight excluding hydrogens is 264 g/mol. The van der Waals surface area contributed by atoms with Crippen molar-refractivity contribution in [2.45, 2.75) is 6.04 Å². The molecule has 0 bridgehead atoms. The fourth-order valence-electron chi connectivity index (χ4n) is 1.24. The minimum atomic E-state index is 0.0915. The van der Waals surface area contributed by atoms with Crippen molar-refractivity contribution >= 4 is 27.3 Å². The monoisotopic (exact) mass is 272 g/mol. The smallest absolute Gasteiger partial charge is 0.137 e. The number of thiophene rings is 1. The lowest BCUT2D eigenvalue weighted by Gasteiger charge is -2.12. The number of nitrogens with zero attached hydrogens (tertiary/aromatic N) is 3. The molecule has 2 heterocycles. The lowest BCUT2D eigenvalue weighted by atomic mass is 10.2. The highest BCUT2D eigenvalue weighted by Crippen LogP contribution is 2.26. The zero-order chi connectivity index (χ0) is 9.97. The van der Waals surface area contributed by atoms with Gasteiger partial charge in [-0.1, -0.05) is 0 Å². The van der Waals surface area contributed by atoms with Crippen molar-refractivity contribution in [1.29, 1.82) is 0 Å². The summed E-state index contributed by atoms with van der Waals surface area (Å²) in [5, 5.41) is 6.13. The van der Waals surface area contributed by atoms with E-state index in [1.165, 1.54) is 11.2 Å². The average Bonchev–Trinajstić information content (AvgIpc) is 2.79. The van der Waals surface area contributed by atoms with Gasteiger partial charge in [-0.2, -0.15) is 5.10 Å². The molecule has 0 aromatic carbocycles. The highest BCUT2D eigenvalue weighted by molar-refractivity contribution is 9.10. The number of hydrogen-bond donors (Lipinski definition) is 1. The van der Waals surface area contributed by atoms with Crippen molar-refractivity contribution < 1.29 is 0 Å². The van der Waals surface area contributed by atoms with Crippen LogP contribution in [0.15, 0.2) is 28.6 Å². The maximum absolute atomic E-state index is 5.71. The van der Waals surface area contributed by atoms with Crippen LogP contribution in [-0.2, 0) is 0 Å². The van der Waals surface area contributed by atoms with Crippen LogP contribution in [0.25, 0.3) is 0 Å². The van der Waals surface area contributed by atoms with Gasteiger partial charge in [-0.25, -0.2) is 9.67 Å². The van der Waals surface area contributed by atoms with Crippen molar-refractivity contribution in [2.24, 2.45) is 5.73 Å². The molecule has 6 heteroatoms. The molecule has 0 aliphatic rings. The first kappa shape index (κ1) is 9.82. The first-order chi connectivity index (χ1) is 6.81. The molecule has 0 radical (unpaired) electrons. The minimum Gasteiger partial charge on any atom is -0.328 e. The molecule has 2 N–H and O–H groups in total. The SMILES string of the molecule is NCC(c1cc(Br)cs1)n1cncn1. The second-order valence-corrected chi connectivity index (χ2v) is 4.65. The quantitative estimate of drug-likeness (QED) is 0.925. The Morgan fingerprint density at radius 1 is 1.64 bits per heavy atom. The zero-order valence-electron chi connectivity index (χ0n) is 7.30. The van der Waals surface area contributed by atoms with Crippen molar-refractivity contribution in [3.8, 4) is 0 Å². The Bertz CT molecular complexity index is 397. The zero-order valence-corrected chi connectivity index (χ0v) is 9.70. The predicted octanol–water partition coefficient (Wildman–Crippen LogP) is 1.65. The van der Waals surface area contributed by atoms with Gasteiger partial charge in [0.15, 0.2) is 0 Å². The summed E-state index contributed by atoms with van der Waals surface area (Å²) in [5.41, 5.74) is 5.71. The molecule has 0 fully saturated rings. The van der Waals surface area contributed by atoms with Crippen LogP contribution in [0.1, 0.15) is 10.9 Å². The molecule has 74 valence electrons. The van der Waals surface area contributed by atoms with Gasteiger partial charge in [0.2, 0.25) is 0 Å². The largest absolute Gasteiger partial charge is 0.328 e. The standard InChI is InChI=1S/C8H9BrN4S/c9-6-1-8(14-3-6)7(2-10)13-5-11-4-12-13/h1,3-5,7H,2,10H2. The summed E-state index contributed by atoms with van der Waals surface area (Å²) >= 11 is 5.08. The van der Waals surface area contributed by atoms with Gasteiger partial charge in [-0.15, -0.1) is 11.3 Å². The fraction of sp³-hybridized carbons (Fsp3) is 0.250. The predicted molar refractivity (Wildman–Crippen MR) is 59.2 cm³/mol. The number of nitrogens with two attached hydrogens (primary N) is 1. The van der Waals surface area contributed by atoms with E-state index < -0.39 is 0 Å². The van der Waals surface area contributed by atoms with E-state index in [-0.39, 0.29) is 6.04 Å². The molecule has 4 nitrogen and oxygen atoms in total. The number of rotatable bonds is 3. The van der Waals surface area contributed by atoms with Crippen molar-refractivity contribution in [3.63, 3.8) is 0 Å². The number of aromatic nitrogens is 3. The Labute approximate surface area is 93.9 Å². The highest BCUT2D eigenvalue weighted by atomic mass is 79.9. The van der Waals surface area contributed by atoms with E-state index >= 15 is 0 Å². The first-order valence-corrected chi connectivity index (χ1v) is 5.76. The van der Waals surface area contributed by atoms with Crippen molar-refractivity contribution in [2.75, 3.05) is 6.54 Å². The Hall–Kier alpha value is -0.720. The van der Waals surface area contributed by atoms with Crippen LogP contribution in [0.3, 0.4) is 0 Å². The molecule has 0 saturated carbocycles. The van der Waals surface area contributed by atoms with Gasteiger partial charge in [-0.3, -0.25) is 0 Å². The maximum Gasteiger partial charge on any atom is 0.137 e. The van der Waals surface area contributed by atoms with Gasteiger partial charge < -0.3 is 5.73 Å². The Morgan fingerprint density at radius 3 is 3.00 bits per heavy atom. The first-order valence-electron chi connectivity index (χ1n) is 4.09. The highest BCUT2D eigenvalue weighted by Gasteiger charge is 2.14. The molecule has 1 unspecified atom stereocenters. The molecule has 2 rings (SSSR count). The van der Waals surface area contributed by atoms with E-state index in [9.17, 15) is 0 Å². The molecule has 1 atom stereocenters. The fourth-order valence-corrected chi connectivity index (χ4v) is 2.79. The number of hydrogen-bond acceptors (Lipinski definition) is 4. The Kier molecular flexibility index (Phi) is 2.95. The van der Waals surface area contributed by atoms with E-state index in [4.69, 9.17) is 5.73 Å². The van der Waals surface area contributed by atoms with Crippen LogP contribution in [0.4, 0.5) is 0 Å². The molecule has 0 saturated heterocycles. The van der Waals surface area contributed by atoms with E-state index in [1.54, 1.807) is 22.3 Å². The topological polar surface area (TPSA) is 56.7 Å². The van der Waals surface area contributed by atoms with Gasteiger partial charge in [0.1, 0.15) is 18.7 Å². The lowest BCUT2D eigenvalue weighted by Crippen LogP contribution is -2.19. The van der Waals surface area contributed by atoms with Crippen LogP contribution in [0.5, 0.6) is 0 Å². The second-order valence-electron chi connectivity index (χ2n) is 2.79. The van der Waals surface area contributed by atoms with E-state index in [0.29, 0.717) is 6.54 Å². The molecule has 0 aliphatic heterocycles. The Morgan fingerprint density at radius 2 is 2.50 bits per heavy atom. The summed E-state index contributed by atoms with van der Waals surface area (Å²) in [4.78, 5) is 5.10. The molecule has 0 amide bonds. The van der Waals surface area contributed by atoms with E-state index in [2.05, 4.69) is 32.1 Å². The Balaban J connectivity index is 2.31. The van der Waals surface area contributed by atoms with Crippen molar-refractivity contribution in [1.82, 2.24) is 14.8 Å². The van der Waals surface area contributed by atoms with Gasteiger partial charge >= 0.3 is 0 Å². The van der Waals surface area contributed by atoms with Crippen LogP contribution >= 0.6 is 27.3 Å². The summed E-state index contributed by atoms with van der Waals surface area (Å²) in [5.74, 6) is 0. The number of halogens is 1. The molecule has 14 heavy (non-hydrogen) atoms. The summed E-state index contributed by atoms with van der Waals surface area (Å²) in [6.45, 7) is 0.524. The third-order valence-corrected chi connectivity index (χ3v) is 3.69.